The van der Waals surface area contributed by atoms with Crippen LogP contribution in [0.1, 0.15) is 63.9 Å². The second-order valence-corrected chi connectivity index (χ2v) is 6.39. The van der Waals surface area contributed by atoms with Crippen molar-refractivity contribution in [2.45, 2.75) is 64.9 Å². The molecule has 2 rings (SSSR count). The van der Waals surface area contributed by atoms with Crippen LogP contribution in [0.5, 0.6) is 5.75 Å². The summed E-state index contributed by atoms with van der Waals surface area (Å²) in [5, 5.41) is 12.2. The van der Waals surface area contributed by atoms with E-state index in [1.165, 1.54) is 44.9 Å². The maximum absolute atomic E-state index is 10.0. The molecule has 0 radical (unpaired) electrons. The van der Waals surface area contributed by atoms with Crippen LogP contribution in [0, 0.1) is 0 Å². The lowest BCUT2D eigenvalue weighted by Gasteiger charge is -2.08. The third-order valence-corrected chi connectivity index (χ3v) is 4.33. The molecule has 1 N–H and O–H groups in total. The summed E-state index contributed by atoms with van der Waals surface area (Å²) in [5.74, 6) is 0.254. The predicted octanol–water partition coefficient (Wildman–Crippen LogP) is 6.13. The highest BCUT2D eigenvalue weighted by Crippen LogP contribution is 2.25. The van der Waals surface area contributed by atoms with E-state index < -0.39 is 0 Å². The van der Waals surface area contributed by atoms with Crippen LogP contribution in [0.15, 0.2) is 36.4 Å². The molecule has 132 valence electrons. The molecule has 0 atom stereocenters. The maximum atomic E-state index is 10.0. The fourth-order valence-corrected chi connectivity index (χ4v) is 2.85. The van der Waals surface area contributed by atoms with E-state index in [1.54, 1.807) is 6.07 Å². The van der Waals surface area contributed by atoms with Gasteiger partial charge in [0.05, 0.1) is 6.61 Å². The quantitative estimate of drug-likeness (QED) is 0.289. The van der Waals surface area contributed by atoms with Gasteiger partial charge in [-0.3, -0.25) is 0 Å². The zero-order chi connectivity index (χ0) is 17.0. The van der Waals surface area contributed by atoms with E-state index in [0.717, 1.165) is 22.8 Å². The Balaban J connectivity index is 1.57. The van der Waals surface area contributed by atoms with E-state index in [9.17, 15) is 5.11 Å². The van der Waals surface area contributed by atoms with Gasteiger partial charge in [0, 0.05) is 5.56 Å². The van der Waals surface area contributed by atoms with E-state index in [1.807, 2.05) is 30.3 Å². The van der Waals surface area contributed by atoms with Gasteiger partial charge in [-0.2, -0.15) is 0 Å². The molecule has 0 heterocycles. The molecule has 24 heavy (non-hydrogen) atoms. The summed E-state index contributed by atoms with van der Waals surface area (Å²) in [7, 11) is 0. The molecule has 0 aliphatic heterocycles. The summed E-state index contributed by atoms with van der Waals surface area (Å²) in [6, 6.07) is 11.7. The van der Waals surface area contributed by atoms with Crippen LogP contribution >= 0.6 is 0 Å². The molecule has 0 saturated heterocycles. The Morgan fingerprint density at radius 3 is 2.12 bits per heavy atom. The maximum Gasteiger partial charge on any atom is 0.121 e. The number of aromatic hydroxyl groups is 1. The van der Waals surface area contributed by atoms with Gasteiger partial charge in [-0.15, -0.1) is 0 Å². The van der Waals surface area contributed by atoms with E-state index in [4.69, 9.17) is 9.78 Å². The third kappa shape index (κ3) is 6.50. The first kappa shape index (κ1) is 18.8. The molecule has 3 heteroatoms. The number of rotatable bonds is 12. The van der Waals surface area contributed by atoms with Crippen molar-refractivity contribution in [2.24, 2.45) is 0 Å². The van der Waals surface area contributed by atoms with E-state index >= 15 is 0 Å². The molecule has 2 aromatic rings. The number of phenols is 1. The molecule has 0 unspecified atom stereocenters. The smallest absolute Gasteiger partial charge is 0.121 e. The van der Waals surface area contributed by atoms with Crippen molar-refractivity contribution in [1.29, 1.82) is 0 Å². The predicted molar refractivity (Wildman–Crippen MR) is 99.0 cm³/mol. The Morgan fingerprint density at radius 2 is 1.42 bits per heavy atom. The van der Waals surface area contributed by atoms with Crippen LogP contribution in [0.3, 0.4) is 0 Å². The second kappa shape index (κ2) is 11.1. The van der Waals surface area contributed by atoms with Crippen LogP contribution in [0.2, 0.25) is 0 Å². The standard InChI is InChI=1S/C21H30O3/c1-2-3-4-5-6-7-8-11-14-23-24-17-20-15-18-12-9-10-13-19(18)16-21(20)22/h9-10,12-13,15-16,22H,2-8,11,14,17H2,1H3. The largest absolute Gasteiger partial charge is 0.508 e. The lowest BCUT2D eigenvalue weighted by Crippen LogP contribution is -1.98. The minimum atomic E-state index is 0.254. The molecule has 0 bridgehead atoms. The highest BCUT2D eigenvalue weighted by atomic mass is 17.2. The Morgan fingerprint density at radius 1 is 0.792 bits per heavy atom. The Hall–Kier alpha value is -1.58. The fraction of sp³-hybridized carbons (Fsp3) is 0.524. The zero-order valence-corrected chi connectivity index (χ0v) is 14.8. The number of unbranched alkanes of at least 4 members (excludes halogenated alkanes) is 7. The Labute approximate surface area is 145 Å². The second-order valence-electron chi connectivity index (χ2n) is 6.39. The monoisotopic (exact) mass is 330 g/mol. The number of fused-ring (bicyclic) bond motifs is 1. The summed E-state index contributed by atoms with van der Waals surface area (Å²) < 4.78 is 0. The number of phenolic OH excluding ortho intramolecular Hbond substituents is 1. The van der Waals surface area contributed by atoms with Crippen LogP contribution in [-0.2, 0) is 16.4 Å². The summed E-state index contributed by atoms with van der Waals surface area (Å²) >= 11 is 0. The number of benzene rings is 2. The van der Waals surface area contributed by atoms with Gasteiger partial charge < -0.3 is 5.11 Å². The summed E-state index contributed by atoms with van der Waals surface area (Å²) in [6.45, 7) is 3.13. The number of hydrogen-bond acceptors (Lipinski definition) is 3. The van der Waals surface area contributed by atoms with Gasteiger partial charge in [0.2, 0.25) is 0 Å². The molecule has 0 saturated carbocycles. The van der Waals surface area contributed by atoms with E-state index in [2.05, 4.69) is 6.92 Å². The fourth-order valence-electron chi connectivity index (χ4n) is 2.85. The van der Waals surface area contributed by atoms with Gasteiger partial charge in [-0.25, -0.2) is 9.78 Å². The van der Waals surface area contributed by atoms with Crippen molar-refractivity contribution in [1.82, 2.24) is 0 Å². The highest BCUT2D eigenvalue weighted by Gasteiger charge is 2.04. The van der Waals surface area contributed by atoms with Crippen molar-refractivity contribution in [3.05, 3.63) is 42.0 Å². The minimum Gasteiger partial charge on any atom is -0.508 e. The van der Waals surface area contributed by atoms with Gasteiger partial charge in [0.25, 0.3) is 0 Å². The van der Waals surface area contributed by atoms with Crippen LogP contribution in [0.4, 0.5) is 0 Å². The van der Waals surface area contributed by atoms with Crippen molar-refractivity contribution < 1.29 is 14.9 Å². The Bertz CT molecular complexity index is 595. The van der Waals surface area contributed by atoms with Gasteiger partial charge in [0.1, 0.15) is 12.4 Å². The zero-order valence-electron chi connectivity index (χ0n) is 14.8. The molecule has 0 amide bonds. The SMILES string of the molecule is CCCCCCCCCCOOCc1cc2ccccc2cc1O. The summed E-state index contributed by atoms with van der Waals surface area (Å²) in [6.07, 6.45) is 10.2. The van der Waals surface area contributed by atoms with Gasteiger partial charge >= 0.3 is 0 Å². The van der Waals surface area contributed by atoms with Crippen LogP contribution in [0.25, 0.3) is 10.8 Å². The normalized spacial score (nSPS) is 11.2. The van der Waals surface area contributed by atoms with Gasteiger partial charge in [0.15, 0.2) is 0 Å². The topological polar surface area (TPSA) is 38.7 Å². The third-order valence-electron chi connectivity index (χ3n) is 4.33. The molecule has 0 spiro atoms. The van der Waals surface area contributed by atoms with Crippen molar-refractivity contribution >= 4 is 10.8 Å². The molecular formula is C21H30O3. The van der Waals surface area contributed by atoms with Gasteiger partial charge in [-0.1, -0.05) is 76.1 Å². The number of hydrogen-bond donors (Lipinski definition) is 1. The molecule has 0 aliphatic carbocycles. The molecule has 0 fully saturated rings. The summed E-state index contributed by atoms with van der Waals surface area (Å²) in [4.78, 5) is 10.5. The first-order valence-corrected chi connectivity index (χ1v) is 9.26. The first-order valence-electron chi connectivity index (χ1n) is 9.26. The molecule has 0 aliphatic rings. The average Bonchev–Trinajstić information content (AvgIpc) is 2.60. The van der Waals surface area contributed by atoms with E-state index in [0.29, 0.717) is 6.61 Å². The summed E-state index contributed by atoms with van der Waals surface area (Å²) in [5.41, 5.74) is 0.754. The van der Waals surface area contributed by atoms with Crippen LogP contribution < -0.4 is 0 Å². The molecule has 2 aromatic carbocycles. The van der Waals surface area contributed by atoms with E-state index in [-0.39, 0.29) is 12.4 Å². The van der Waals surface area contributed by atoms with Crippen molar-refractivity contribution in [2.75, 3.05) is 6.61 Å². The lowest BCUT2D eigenvalue weighted by atomic mass is 10.1. The lowest BCUT2D eigenvalue weighted by molar-refractivity contribution is -0.304. The van der Waals surface area contributed by atoms with Gasteiger partial charge in [-0.05, 0) is 29.3 Å². The minimum absolute atomic E-state index is 0.254. The molecule has 0 aromatic heterocycles. The highest BCUT2D eigenvalue weighted by molar-refractivity contribution is 5.84. The molecular weight excluding hydrogens is 300 g/mol. The van der Waals surface area contributed by atoms with Crippen molar-refractivity contribution in [3.8, 4) is 5.75 Å². The first-order chi connectivity index (χ1) is 11.8. The van der Waals surface area contributed by atoms with Crippen molar-refractivity contribution in [3.63, 3.8) is 0 Å². The average molecular weight is 330 g/mol. The molecule has 3 nitrogen and oxygen atoms in total. The van der Waals surface area contributed by atoms with Crippen LogP contribution in [-0.4, -0.2) is 11.7 Å². The Kier molecular flexibility index (Phi) is 8.64.